The van der Waals surface area contributed by atoms with Gasteiger partial charge in [-0.3, -0.25) is 4.79 Å². The molecule has 0 saturated heterocycles. The van der Waals surface area contributed by atoms with Crippen molar-refractivity contribution in [2.24, 2.45) is 0 Å². The average molecular weight is 207 g/mol. The van der Waals surface area contributed by atoms with Crippen LogP contribution in [-0.4, -0.2) is 19.1 Å². The maximum Gasteiger partial charge on any atom is 0.216 e. The van der Waals surface area contributed by atoms with Crippen LogP contribution in [0.2, 0.25) is 0 Å². The molecule has 15 heavy (non-hydrogen) atoms. The van der Waals surface area contributed by atoms with E-state index >= 15 is 0 Å². The van der Waals surface area contributed by atoms with Crippen LogP contribution in [0.4, 0.5) is 0 Å². The number of amides is 1. The van der Waals surface area contributed by atoms with Gasteiger partial charge < -0.3 is 10.1 Å². The Kier molecular flexibility index (Phi) is 4.68. The number of rotatable bonds is 5. The normalized spacial score (nSPS) is 9.73. The molecule has 0 fully saturated rings. The molecular formula is C12H17NO2. The van der Waals surface area contributed by atoms with Gasteiger partial charge in [0.1, 0.15) is 5.75 Å². The van der Waals surface area contributed by atoms with Gasteiger partial charge in [0.25, 0.3) is 0 Å². The summed E-state index contributed by atoms with van der Waals surface area (Å²) in [6.45, 7) is 4.85. The lowest BCUT2D eigenvalue weighted by Gasteiger charge is -2.06. The van der Waals surface area contributed by atoms with E-state index in [4.69, 9.17) is 4.74 Å². The molecule has 0 aromatic heterocycles. The van der Waals surface area contributed by atoms with Crippen LogP contribution < -0.4 is 10.1 Å². The number of aryl methyl sites for hydroxylation is 1. The fraction of sp³-hybridized carbons (Fsp3) is 0.417. The Labute approximate surface area is 90.4 Å². The van der Waals surface area contributed by atoms with Gasteiger partial charge in [0, 0.05) is 13.5 Å². The van der Waals surface area contributed by atoms with E-state index < -0.39 is 0 Å². The van der Waals surface area contributed by atoms with Crippen molar-refractivity contribution >= 4 is 5.91 Å². The zero-order valence-electron chi connectivity index (χ0n) is 9.25. The average Bonchev–Trinajstić information content (AvgIpc) is 2.20. The fourth-order valence-electron chi connectivity index (χ4n) is 1.16. The van der Waals surface area contributed by atoms with E-state index in [1.54, 1.807) is 0 Å². The smallest absolute Gasteiger partial charge is 0.216 e. The van der Waals surface area contributed by atoms with E-state index in [1.165, 1.54) is 12.5 Å². The molecule has 0 aliphatic carbocycles. The van der Waals surface area contributed by atoms with Crippen molar-refractivity contribution in [2.75, 3.05) is 13.2 Å². The van der Waals surface area contributed by atoms with Crippen LogP contribution >= 0.6 is 0 Å². The number of benzene rings is 1. The highest BCUT2D eigenvalue weighted by molar-refractivity contribution is 5.72. The van der Waals surface area contributed by atoms with Gasteiger partial charge >= 0.3 is 0 Å². The monoisotopic (exact) mass is 207 g/mol. The molecule has 1 aromatic carbocycles. The summed E-state index contributed by atoms with van der Waals surface area (Å²) in [6, 6.07) is 7.94. The van der Waals surface area contributed by atoms with Crippen LogP contribution in [0, 0.1) is 6.92 Å². The first-order valence-electron chi connectivity index (χ1n) is 5.12. The summed E-state index contributed by atoms with van der Waals surface area (Å²) in [6.07, 6.45) is 0.827. The standard InChI is InChI=1S/C12H17NO2/c1-10-4-6-12(7-5-10)15-9-3-8-13-11(2)14/h4-7H,3,8-9H2,1-2H3,(H,13,14). The maximum absolute atomic E-state index is 10.6. The SMILES string of the molecule is CC(=O)NCCCOc1ccc(C)cc1. The van der Waals surface area contributed by atoms with Gasteiger partial charge in [-0.15, -0.1) is 0 Å². The summed E-state index contributed by atoms with van der Waals surface area (Å²) in [7, 11) is 0. The Bertz CT molecular complexity index is 306. The lowest BCUT2D eigenvalue weighted by Crippen LogP contribution is -2.22. The Hall–Kier alpha value is -1.51. The third-order valence-electron chi connectivity index (χ3n) is 1.98. The fourth-order valence-corrected chi connectivity index (χ4v) is 1.16. The number of hydrogen-bond donors (Lipinski definition) is 1. The molecule has 0 unspecified atom stereocenters. The molecular weight excluding hydrogens is 190 g/mol. The molecule has 1 rings (SSSR count). The molecule has 3 nitrogen and oxygen atoms in total. The van der Waals surface area contributed by atoms with E-state index in [2.05, 4.69) is 5.32 Å². The predicted molar refractivity (Wildman–Crippen MR) is 60.0 cm³/mol. The highest BCUT2D eigenvalue weighted by atomic mass is 16.5. The van der Waals surface area contributed by atoms with E-state index in [9.17, 15) is 4.79 Å². The van der Waals surface area contributed by atoms with Gasteiger partial charge in [0.2, 0.25) is 5.91 Å². The Morgan fingerprint density at radius 1 is 1.33 bits per heavy atom. The molecule has 0 saturated carbocycles. The van der Waals surface area contributed by atoms with Crippen LogP contribution in [0.1, 0.15) is 18.9 Å². The molecule has 0 bridgehead atoms. The topological polar surface area (TPSA) is 38.3 Å². The Morgan fingerprint density at radius 2 is 2.00 bits per heavy atom. The van der Waals surface area contributed by atoms with Gasteiger partial charge in [-0.1, -0.05) is 17.7 Å². The molecule has 0 radical (unpaired) electrons. The summed E-state index contributed by atoms with van der Waals surface area (Å²) < 4.78 is 5.49. The van der Waals surface area contributed by atoms with Gasteiger partial charge in [0.15, 0.2) is 0 Å². The minimum absolute atomic E-state index is 0.00494. The first kappa shape index (κ1) is 11.6. The second-order valence-corrected chi connectivity index (χ2v) is 3.50. The molecule has 1 amide bonds. The molecule has 3 heteroatoms. The molecule has 0 aliphatic heterocycles. The van der Waals surface area contributed by atoms with Crippen LogP contribution in [0.15, 0.2) is 24.3 Å². The lowest BCUT2D eigenvalue weighted by molar-refractivity contribution is -0.118. The number of hydrogen-bond acceptors (Lipinski definition) is 2. The van der Waals surface area contributed by atoms with Crippen molar-refractivity contribution in [2.45, 2.75) is 20.3 Å². The third kappa shape index (κ3) is 5.05. The molecule has 0 atom stereocenters. The van der Waals surface area contributed by atoms with Crippen molar-refractivity contribution in [1.82, 2.24) is 5.32 Å². The quantitative estimate of drug-likeness (QED) is 0.749. The first-order chi connectivity index (χ1) is 7.18. The number of ether oxygens (including phenoxy) is 1. The van der Waals surface area contributed by atoms with Crippen molar-refractivity contribution < 1.29 is 9.53 Å². The minimum Gasteiger partial charge on any atom is -0.494 e. The van der Waals surface area contributed by atoms with Crippen molar-refractivity contribution in [3.8, 4) is 5.75 Å². The number of nitrogens with one attached hydrogen (secondary N) is 1. The van der Waals surface area contributed by atoms with Crippen molar-refractivity contribution in [3.05, 3.63) is 29.8 Å². The number of carbonyl (C=O) groups is 1. The maximum atomic E-state index is 10.6. The van der Waals surface area contributed by atoms with Crippen LogP contribution in [0.5, 0.6) is 5.75 Å². The second kappa shape index (κ2) is 6.06. The molecule has 0 aliphatic rings. The highest BCUT2D eigenvalue weighted by Gasteiger charge is 1.94. The summed E-state index contributed by atoms with van der Waals surface area (Å²) in [5.41, 5.74) is 1.22. The van der Waals surface area contributed by atoms with Gasteiger partial charge in [-0.2, -0.15) is 0 Å². The van der Waals surface area contributed by atoms with Gasteiger partial charge in [-0.25, -0.2) is 0 Å². The molecule has 0 spiro atoms. The van der Waals surface area contributed by atoms with Crippen LogP contribution in [0.3, 0.4) is 0 Å². The highest BCUT2D eigenvalue weighted by Crippen LogP contribution is 2.11. The minimum atomic E-state index is 0.00494. The first-order valence-corrected chi connectivity index (χ1v) is 5.12. The zero-order chi connectivity index (χ0) is 11.1. The number of carbonyl (C=O) groups excluding carboxylic acids is 1. The van der Waals surface area contributed by atoms with E-state index in [0.717, 1.165) is 12.2 Å². The van der Waals surface area contributed by atoms with E-state index in [0.29, 0.717) is 13.2 Å². The molecule has 1 aromatic rings. The largest absolute Gasteiger partial charge is 0.494 e. The van der Waals surface area contributed by atoms with Crippen LogP contribution in [-0.2, 0) is 4.79 Å². The summed E-state index contributed by atoms with van der Waals surface area (Å²) in [5, 5.41) is 2.72. The summed E-state index contributed by atoms with van der Waals surface area (Å²) in [5.74, 6) is 0.883. The summed E-state index contributed by atoms with van der Waals surface area (Å²) in [4.78, 5) is 10.6. The summed E-state index contributed by atoms with van der Waals surface area (Å²) >= 11 is 0. The second-order valence-electron chi connectivity index (χ2n) is 3.50. The lowest BCUT2D eigenvalue weighted by atomic mass is 10.2. The van der Waals surface area contributed by atoms with Crippen molar-refractivity contribution in [1.29, 1.82) is 0 Å². The Morgan fingerprint density at radius 3 is 2.60 bits per heavy atom. The molecule has 0 heterocycles. The van der Waals surface area contributed by atoms with Crippen LogP contribution in [0.25, 0.3) is 0 Å². The zero-order valence-corrected chi connectivity index (χ0v) is 9.25. The molecule has 1 N–H and O–H groups in total. The molecule has 82 valence electrons. The van der Waals surface area contributed by atoms with Gasteiger partial charge in [0.05, 0.1) is 6.61 Å². The van der Waals surface area contributed by atoms with E-state index in [-0.39, 0.29) is 5.91 Å². The van der Waals surface area contributed by atoms with Crippen molar-refractivity contribution in [3.63, 3.8) is 0 Å². The van der Waals surface area contributed by atoms with Gasteiger partial charge in [-0.05, 0) is 25.5 Å². The predicted octanol–water partition coefficient (Wildman–Crippen LogP) is 1.90. The third-order valence-corrected chi connectivity index (χ3v) is 1.98. The Balaban J connectivity index is 2.15. The van der Waals surface area contributed by atoms with E-state index in [1.807, 2.05) is 31.2 Å².